The Kier molecular flexibility index (Phi) is 4.66. The Morgan fingerprint density at radius 3 is 2.25 bits per heavy atom. The zero-order valence-corrected chi connectivity index (χ0v) is 11.4. The largest absolute Gasteiger partial charge is 0.390 e. The molecule has 0 heterocycles. The predicted octanol–water partition coefficient (Wildman–Crippen LogP) is 4.33. The molecule has 1 rings (SSSR count). The van der Waals surface area contributed by atoms with Gasteiger partial charge in [-0.15, -0.1) is 0 Å². The van der Waals surface area contributed by atoms with Crippen LogP contribution in [0, 0.1) is 5.92 Å². The molecular formula is C13H18Cl2O. The van der Waals surface area contributed by atoms with E-state index in [2.05, 4.69) is 6.92 Å². The highest BCUT2D eigenvalue weighted by Crippen LogP contribution is 2.31. The lowest BCUT2D eigenvalue weighted by atomic mass is 9.83. The Labute approximate surface area is 107 Å². The maximum absolute atomic E-state index is 10.4. The highest BCUT2D eigenvalue weighted by Gasteiger charge is 2.28. The lowest BCUT2D eigenvalue weighted by Crippen LogP contribution is -2.35. The Hall–Kier alpha value is -0.240. The van der Waals surface area contributed by atoms with Crippen molar-refractivity contribution in [3.05, 3.63) is 33.8 Å². The summed E-state index contributed by atoms with van der Waals surface area (Å²) in [5.74, 6) is 0.208. The van der Waals surface area contributed by atoms with Crippen LogP contribution in [-0.2, 0) is 6.42 Å². The molecule has 0 saturated carbocycles. The predicted molar refractivity (Wildman–Crippen MR) is 70.2 cm³/mol. The van der Waals surface area contributed by atoms with Crippen molar-refractivity contribution in [1.82, 2.24) is 0 Å². The molecule has 16 heavy (non-hydrogen) atoms. The molecule has 1 aromatic rings. The van der Waals surface area contributed by atoms with E-state index in [4.69, 9.17) is 23.2 Å². The Bertz CT molecular complexity index is 341. The third kappa shape index (κ3) is 3.13. The van der Waals surface area contributed by atoms with Crippen LogP contribution in [0.3, 0.4) is 0 Å². The van der Waals surface area contributed by atoms with Crippen molar-refractivity contribution < 1.29 is 5.11 Å². The van der Waals surface area contributed by atoms with E-state index in [1.807, 2.05) is 19.9 Å². The second-order valence-electron chi connectivity index (χ2n) is 4.54. The molecule has 0 saturated heterocycles. The molecular weight excluding hydrogens is 243 g/mol. The molecule has 0 fully saturated rings. The maximum atomic E-state index is 10.4. The van der Waals surface area contributed by atoms with Crippen LogP contribution in [0.15, 0.2) is 18.2 Å². The molecule has 0 aliphatic heterocycles. The highest BCUT2D eigenvalue weighted by atomic mass is 35.5. The third-order valence-corrected chi connectivity index (χ3v) is 3.98. The zero-order valence-electron chi connectivity index (χ0n) is 9.93. The number of halogens is 2. The van der Waals surface area contributed by atoms with Crippen LogP contribution in [0.5, 0.6) is 0 Å². The summed E-state index contributed by atoms with van der Waals surface area (Å²) in [7, 11) is 0. The van der Waals surface area contributed by atoms with Gasteiger partial charge in [0.05, 0.1) is 5.60 Å². The van der Waals surface area contributed by atoms with Gasteiger partial charge in [0, 0.05) is 16.5 Å². The summed E-state index contributed by atoms with van der Waals surface area (Å²) < 4.78 is 0. The number of hydrogen-bond donors (Lipinski definition) is 1. The van der Waals surface area contributed by atoms with Gasteiger partial charge in [-0.05, 0) is 30.5 Å². The molecule has 0 aliphatic rings. The first-order valence-electron chi connectivity index (χ1n) is 5.53. The monoisotopic (exact) mass is 260 g/mol. The standard InChI is InChI=1S/C13H18Cl2O/c1-4-9(2)13(3,16)8-10-11(14)6-5-7-12(10)15/h5-7,9,16H,4,8H2,1-3H3. The number of aliphatic hydroxyl groups is 1. The minimum atomic E-state index is -0.774. The molecule has 1 nitrogen and oxygen atoms in total. The van der Waals surface area contributed by atoms with E-state index in [1.165, 1.54) is 0 Å². The van der Waals surface area contributed by atoms with Crippen LogP contribution in [0.2, 0.25) is 10.0 Å². The molecule has 0 bridgehead atoms. The second-order valence-corrected chi connectivity index (χ2v) is 5.36. The fourth-order valence-corrected chi connectivity index (χ4v) is 2.20. The van der Waals surface area contributed by atoms with Crippen LogP contribution in [0.25, 0.3) is 0 Å². The summed E-state index contributed by atoms with van der Waals surface area (Å²) in [6, 6.07) is 5.41. The summed E-state index contributed by atoms with van der Waals surface area (Å²) in [5.41, 5.74) is 0.0553. The first-order chi connectivity index (χ1) is 7.38. The van der Waals surface area contributed by atoms with Crippen LogP contribution < -0.4 is 0 Å². The van der Waals surface area contributed by atoms with E-state index in [1.54, 1.807) is 12.1 Å². The lowest BCUT2D eigenvalue weighted by Gasteiger charge is -2.30. The van der Waals surface area contributed by atoms with Gasteiger partial charge in [-0.1, -0.05) is 49.5 Å². The first kappa shape index (κ1) is 13.8. The minimum Gasteiger partial charge on any atom is -0.390 e. The average Bonchev–Trinajstić information content (AvgIpc) is 2.22. The molecule has 1 aromatic carbocycles. The number of rotatable bonds is 4. The van der Waals surface area contributed by atoms with Crippen LogP contribution >= 0.6 is 23.2 Å². The van der Waals surface area contributed by atoms with Crippen molar-refractivity contribution in [2.75, 3.05) is 0 Å². The van der Waals surface area contributed by atoms with Gasteiger partial charge in [-0.3, -0.25) is 0 Å². The van der Waals surface area contributed by atoms with Crippen LogP contribution in [0.1, 0.15) is 32.8 Å². The first-order valence-corrected chi connectivity index (χ1v) is 6.29. The molecule has 2 atom stereocenters. The molecule has 0 aliphatic carbocycles. The number of hydrogen-bond acceptors (Lipinski definition) is 1. The van der Waals surface area contributed by atoms with Gasteiger partial charge in [0.2, 0.25) is 0 Å². The summed E-state index contributed by atoms with van der Waals surface area (Å²) in [6.45, 7) is 5.93. The van der Waals surface area contributed by atoms with Crippen molar-refractivity contribution in [3.8, 4) is 0 Å². The lowest BCUT2D eigenvalue weighted by molar-refractivity contribution is 0.00520. The zero-order chi connectivity index (χ0) is 12.3. The molecule has 0 aromatic heterocycles. The topological polar surface area (TPSA) is 20.2 Å². The smallest absolute Gasteiger partial charge is 0.0686 e. The van der Waals surface area contributed by atoms with Gasteiger partial charge < -0.3 is 5.11 Å². The van der Waals surface area contributed by atoms with Gasteiger partial charge in [0.25, 0.3) is 0 Å². The van der Waals surface area contributed by atoms with E-state index in [0.717, 1.165) is 12.0 Å². The van der Waals surface area contributed by atoms with Gasteiger partial charge >= 0.3 is 0 Å². The fraction of sp³-hybridized carbons (Fsp3) is 0.538. The van der Waals surface area contributed by atoms with Crippen molar-refractivity contribution >= 4 is 23.2 Å². The Balaban J connectivity index is 2.96. The fourth-order valence-electron chi connectivity index (χ4n) is 1.67. The molecule has 1 N–H and O–H groups in total. The summed E-state index contributed by atoms with van der Waals surface area (Å²) in [4.78, 5) is 0. The van der Waals surface area contributed by atoms with Crippen LogP contribution in [0.4, 0.5) is 0 Å². The summed E-state index contributed by atoms with van der Waals surface area (Å²) >= 11 is 12.2. The quantitative estimate of drug-likeness (QED) is 0.855. The van der Waals surface area contributed by atoms with E-state index >= 15 is 0 Å². The number of benzene rings is 1. The molecule has 3 heteroatoms. The van der Waals surface area contributed by atoms with Gasteiger partial charge in [-0.2, -0.15) is 0 Å². The Morgan fingerprint density at radius 2 is 1.81 bits per heavy atom. The third-order valence-electron chi connectivity index (χ3n) is 3.27. The van der Waals surface area contributed by atoms with E-state index in [-0.39, 0.29) is 5.92 Å². The van der Waals surface area contributed by atoms with Gasteiger partial charge in [-0.25, -0.2) is 0 Å². The van der Waals surface area contributed by atoms with Crippen molar-refractivity contribution in [1.29, 1.82) is 0 Å². The SMILES string of the molecule is CCC(C)C(C)(O)Cc1c(Cl)cccc1Cl. The van der Waals surface area contributed by atoms with Crippen molar-refractivity contribution in [2.24, 2.45) is 5.92 Å². The van der Waals surface area contributed by atoms with Gasteiger partial charge in [0.1, 0.15) is 0 Å². The highest BCUT2D eigenvalue weighted by molar-refractivity contribution is 6.36. The minimum absolute atomic E-state index is 0.208. The summed E-state index contributed by atoms with van der Waals surface area (Å²) in [5, 5.41) is 11.6. The molecule has 0 radical (unpaired) electrons. The maximum Gasteiger partial charge on any atom is 0.0686 e. The second kappa shape index (κ2) is 5.39. The van der Waals surface area contributed by atoms with E-state index in [0.29, 0.717) is 16.5 Å². The average molecular weight is 261 g/mol. The van der Waals surface area contributed by atoms with Crippen LogP contribution in [-0.4, -0.2) is 10.7 Å². The van der Waals surface area contributed by atoms with E-state index < -0.39 is 5.60 Å². The molecule has 0 spiro atoms. The Morgan fingerprint density at radius 1 is 1.31 bits per heavy atom. The normalized spacial score (nSPS) is 16.9. The molecule has 0 amide bonds. The molecule has 90 valence electrons. The van der Waals surface area contributed by atoms with Gasteiger partial charge in [0.15, 0.2) is 0 Å². The van der Waals surface area contributed by atoms with Crippen molar-refractivity contribution in [3.63, 3.8) is 0 Å². The summed E-state index contributed by atoms with van der Waals surface area (Å²) in [6.07, 6.45) is 1.41. The van der Waals surface area contributed by atoms with E-state index in [9.17, 15) is 5.11 Å². The van der Waals surface area contributed by atoms with Crippen molar-refractivity contribution in [2.45, 2.75) is 39.2 Å². The molecule has 2 unspecified atom stereocenters.